The second-order valence-corrected chi connectivity index (χ2v) is 5.87. The number of hydrogen-bond donors (Lipinski definition) is 0. The summed E-state index contributed by atoms with van der Waals surface area (Å²) in [5, 5.41) is 23.8. The van der Waals surface area contributed by atoms with Gasteiger partial charge in [-0.2, -0.15) is 0 Å². The number of methoxy groups -OCH3 is 2. The molecule has 2 aromatic heterocycles. The van der Waals surface area contributed by atoms with E-state index in [9.17, 15) is 29.8 Å². The van der Waals surface area contributed by atoms with Crippen molar-refractivity contribution in [3.63, 3.8) is 0 Å². The lowest BCUT2D eigenvalue weighted by Gasteiger charge is -2.04. The molecule has 0 atom stereocenters. The monoisotopic (exact) mass is 372 g/mol. The normalized spacial score (nSPS) is 10.2. The average Bonchev–Trinajstić information content (AvgIpc) is 3.16. The molecule has 2 rings (SSSR count). The van der Waals surface area contributed by atoms with Crippen LogP contribution in [-0.4, -0.2) is 36.0 Å². The zero-order chi connectivity index (χ0) is 18.0. The van der Waals surface area contributed by atoms with E-state index in [-0.39, 0.29) is 22.3 Å². The summed E-state index contributed by atoms with van der Waals surface area (Å²) in [6.45, 7) is 0. The van der Waals surface area contributed by atoms with E-state index in [1.54, 1.807) is 0 Å². The van der Waals surface area contributed by atoms with Crippen LogP contribution in [0.3, 0.4) is 0 Å². The Balaban J connectivity index is 2.89. The highest BCUT2D eigenvalue weighted by atomic mass is 32.1. The van der Waals surface area contributed by atoms with Crippen LogP contribution in [-0.2, 0) is 9.47 Å². The van der Waals surface area contributed by atoms with Gasteiger partial charge < -0.3 is 9.47 Å². The fourth-order valence-electron chi connectivity index (χ4n) is 1.97. The number of carbonyl (C=O) groups is 2. The van der Waals surface area contributed by atoms with Crippen LogP contribution in [0.1, 0.15) is 20.7 Å². The standard InChI is InChI=1S/C12H8N2O8S2/c1-21-11(15)5-3-23-9(13(17)18)7(5)8-6(12(16)22-2)4-24-10(8)14(19)20/h3-4H,1-2H3. The van der Waals surface area contributed by atoms with Gasteiger partial charge in [-0.05, 0) is 0 Å². The van der Waals surface area contributed by atoms with Crippen LogP contribution >= 0.6 is 22.7 Å². The lowest BCUT2D eigenvalue weighted by molar-refractivity contribution is -0.381. The second kappa shape index (κ2) is 6.72. The molecule has 2 heterocycles. The van der Waals surface area contributed by atoms with Gasteiger partial charge in [0.2, 0.25) is 0 Å². The number of esters is 2. The Kier molecular flexibility index (Phi) is 4.90. The third kappa shape index (κ3) is 2.83. The molecule has 24 heavy (non-hydrogen) atoms. The number of rotatable bonds is 5. The van der Waals surface area contributed by atoms with Crippen LogP contribution in [0.15, 0.2) is 10.8 Å². The Hall–Kier alpha value is -2.86. The van der Waals surface area contributed by atoms with Crippen molar-refractivity contribution < 1.29 is 28.9 Å². The molecule has 10 nitrogen and oxygen atoms in total. The summed E-state index contributed by atoms with van der Waals surface area (Å²) in [5.41, 5.74) is -1.13. The van der Waals surface area contributed by atoms with Gasteiger partial charge in [-0.1, -0.05) is 22.7 Å². The fourth-order valence-corrected chi connectivity index (χ4v) is 3.69. The predicted octanol–water partition coefficient (Wildman–Crippen LogP) is 2.87. The molecule has 0 aliphatic rings. The fraction of sp³-hybridized carbons (Fsp3) is 0.167. The first kappa shape index (κ1) is 17.5. The number of nitrogens with zero attached hydrogens (tertiary/aromatic N) is 2. The molecule has 0 radical (unpaired) electrons. The van der Waals surface area contributed by atoms with Crippen LogP contribution in [0.4, 0.5) is 10.0 Å². The highest BCUT2D eigenvalue weighted by Gasteiger charge is 2.36. The minimum atomic E-state index is -0.911. The minimum Gasteiger partial charge on any atom is -0.465 e. The SMILES string of the molecule is COC(=O)c1csc([N+](=O)[O-])c1-c1c(C(=O)OC)csc1[N+](=O)[O-]. The second-order valence-electron chi connectivity index (χ2n) is 4.16. The average molecular weight is 372 g/mol. The number of ether oxygens (including phenoxy) is 2. The maximum atomic E-state index is 11.9. The third-order valence-corrected chi connectivity index (χ3v) is 4.80. The highest BCUT2D eigenvalue weighted by Crippen LogP contribution is 2.47. The van der Waals surface area contributed by atoms with Crippen LogP contribution in [0.25, 0.3) is 11.1 Å². The Labute approximate surface area is 141 Å². The number of thiophene rings is 2. The van der Waals surface area contributed by atoms with Crippen LogP contribution < -0.4 is 0 Å². The maximum absolute atomic E-state index is 11.9. The molecule has 0 aromatic carbocycles. The molecule has 0 amide bonds. The molecular formula is C12H8N2O8S2. The summed E-state index contributed by atoms with van der Waals surface area (Å²) in [4.78, 5) is 44.7. The molecular weight excluding hydrogens is 364 g/mol. The summed E-state index contributed by atoms with van der Waals surface area (Å²) >= 11 is 1.21. The highest BCUT2D eigenvalue weighted by molar-refractivity contribution is 7.15. The van der Waals surface area contributed by atoms with Crippen molar-refractivity contribution in [1.29, 1.82) is 0 Å². The Morgan fingerprint density at radius 1 is 0.875 bits per heavy atom. The quantitative estimate of drug-likeness (QED) is 0.443. The van der Waals surface area contributed by atoms with Crippen molar-refractivity contribution in [2.75, 3.05) is 14.2 Å². The molecule has 12 heteroatoms. The van der Waals surface area contributed by atoms with E-state index in [1.165, 1.54) is 0 Å². The van der Waals surface area contributed by atoms with Gasteiger partial charge in [0.1, 0.15) is 0 Å². The largest absolute Gasteiger partial charge is 0.465 e. The van der Waals surface area contributed by atoms with Crippen molar-refractivity contribution in [2.45, 2.75) is 0 Å². The van der Waals surface area contributed by atoms with E-state index >= 15 is 0 Å². The van der Waals surface area contributed by atoms with Crippen molar-refractivity contribution in [3.05, 3.63) is 42.1 Å². The predicted molar refractivity (Wildman–Crippen MR) is 83.6 cm³/mol. The third-order valence-electron chi connectivity index (χ3n) is 2.94. The van der Waals surface area contributed by atoms with Gasteiger partial charge in [-0.3, -0.25) is 20.2 Å². The van der Waals surface area contributed by atoms with Crippen molar-refractivity contribution in [1.82, 2.24) is 0 Å². The summed E-state index contributed by atoms with van der Waals surface area (Å²) in [5.74, 6) is -1.82. The van der Waals surface area contributed by atoms with Gasteiger partial charge in [-0.25, -0.2) is 9.59 Å². The smallest absolute Gasteiger partial charge is 0.339 e. The van der Waals surface area contributed by atoms with Gasteiger partial charge in [0.15, 0.2) is 0 Å². The summed E-state index contributed by atoms with van der Waals surface area (Å²) in [7, 11) is 2.14. The van der Waals surface area contributed by atoms with Crippen molar-refractivity contribution >= 4 is 44.6 Å². The van der Waals surface area contributed by atoms with E-state index in [4.69, 9.17) is 0 Å². The molecule has 126 valence electrons. The van der Waals surface area contributed by atoms with Gasteiger partial charge >= 0.3 is 21.9 Å². The van der Waals surface area contributed by atoms with Crippen LogP contribution in [0.5, 0.6) is 0 Å². The molecule has 0 saturated carbocycles. The summed E-state index contributed by atoms with van der Waals surface area (Å²) in [6, 6.07) is 0. The first-order chi connectivity index (χ1) is 11.3. The zero-order valence-electron chi connectivity index (χ0n) is 12.1. The molecule has 0 aliphatic carbocycles. The van der Waals surface area contributed by atoms with Gasteiger partial charge in [0.05, 0.1) is 46.3 Å². The van der Waals surface area contributed by atoms with E-state index < -0.39 is 31.8 Å². The molecule has 0 bridgehead atoms. The molecule has 0 saturated heterocycles. The van der Waals surface area contributed by atoms with E-state index in [2.05, 4.69) is 9.47 Å². The number of hydrogen-bond acceptors (Lipinski definition) is 10. The molecule has 2 aromatic rings. The van der Waals surface area contributed by atoms with Crippen LogP contribution in [0, 0.1) is 20.2 Å². The van der Waals surface area contributed by atoms with Crippen molar-refractivity contribution in [2.24, 2.45) is 0 Å². The first-order valence-electron chi connectivity index (χ1n) is 6.02. The van der Waals surface area contributed by atoms with Crippen LogP contribution in [0.2, 0.25) is 0 Å². The minimum absolute atomic E-state index is 0.235. The van der Waals surface area contributed by atoms with Gasteiger partial charge in [0.25, 0.3) is 0 Å². The molecule has 0 N–H and O–H groups in total. The topological polar surface area (TPSA) is 139 Å². The first-order valence-corrected chi connectivity index (χ1v) is 7.78. The Morgan fingerprint density at radius 2 is 1.21 bits per heavy atom. The lowest BCUT2D eigenvalue weighted by Crippen LogP contribution is -2.06. The molecule has 0 spiro atoms. The summed E-state index contributed by atoms with van der Waals surface area (Å²) in [6.07, 6.45) is 0. The Bertz CT molecular complexity index is 783. The zero-order valence-corrected chi connectivity index (χ0v) is 13.8. The number of carbonyl (C=O) groups excluding carboxylic acids is 2. The lowest BCUT2D eigenvalue weighted by atomic mass is 10.0. The van der Waals surface area contributed by atoms with Gasteiger partial charge in [-0.15, -0.1) is 0 Å². The van der Waals surface area contributed by atoms with E-state index in [0.717, 1.165) is 25.0 Å². The molecule has 0 aliphatic heterocycles. The maximum Gasteiger partial charge on any atom is 0.339 e. The number of nitro groups is 2. The van der Waals surface area contributed by atoms with Crippen molar-refractivity contribution in [3.8, 4) is 11.1 Å². The summed E-state index contributed by atoms with van der Waals surface area (Å²) < 4.78 is 9.12. The van der Waals surface area contributed by atoms with Gasteiger partial charge in [0, 0.05) is 10.8 Å². The van der Waals surface area contributed by atoms with E-state index in [0.29, 0.717) is 22.7 Å². The molecule has 0 fully saturated rings. The molecule has 0 unspecified atom stereocenters. The van der Waals surface area contributed by atoms with E-state index in [1.807, 2.05) is 0 Å². The Morgan fingerprint density at radius 3 is 1.46 bits per heavy atom.